The summed E-state index contributed by atoms with van der Waals surface area (Å²) in [6.07, 6.45) is -4.36. The number of aliphatic hydroxyl groups excluding tert-OH is 3. The summed E-state index contributed by atoms with van der Waals surface area (Å²) in [7, 11) is 0. The molecular weight excluding hydrogens is 490 g/mol. The first-order valence-corrected chi connectivity index (χ1v) is 10.3. The van der Waals surface area contributed by atoms with Gasteiger partial charge in [-0.05, 0) is 24.3 Å². The predicted octanol–water partition coefficient (Wildman–Crippen LogP) is 2.73. The van der Waals surface area contributed by atoms with E-state index in [1.165, 1.54) is 24.4 Å². The van der Waals surface area contributed by atoms with Crippen LogP contribution < -0.4 is 4.74 Å². The fourth-order valence-corrected chi connectivity index (χ4v) is 3.71. The number of aliphatic hydroxyl groups is 3. The zero-order valence-corrected chi connectivity index (χ0v) is 18.0. The number of halogens is 5. The number of rotatable bonds is 5. The van der Waals surface area contributed by atoms with Crippen LogP contribution in [0.3, 0.4) is 0 Å². The van der Waals surface area contributed by atoms with Crippen LogP contribution in [0.25, 0.3) is 11.3 Å². The number of hydrogen-bond acceptors (Lipinski definition) is 7. The van der Waals surface area contributed by atoms with Gasteiger partial charge < -0.3 is 24.8 Å². The summed E-state index contributed by atoms with van der Waals surface area (Å²) in [5.74, 6) is -4.27. The van der Waals surface area contributed by atoms with E-state index in [0.717, 1.165) is 16.8 Å². The van der Waals surface area contributed by atoms with Gasteiger partial charge in [0.15, 0.2) is 17.5 Å². The summed E-state index contributed by atoms with van der Waals surface area (Å²) in [6.45, 7) is -0.623. The normalized spacial score (nSPS) is 25.3. The van der Waals surface area contributed by atoms with Crippen LogP contribution >= 0.6 is 23.2 Å². The average Bonchev–Trinajstić information content (AvgIpc) is 3.26. The zero-order chi connectivity index (χ0) is 23.9. The van der Waals surface area contributed by atoms with Crippen molar-refractivity contribution in [3.8, 4) is 17.0 Å². The molecule has 0 radical (unpaired) electrons. The number of nitrogens with zero attached hydrogens (tertiary/aromatic N) is 3. The van der Waals surface area contributed by atoms with Gasteiger partial charge in [0.25, 0.3) is 0 Å². The third-order valence-electron chi connectivity index (χ3n) is 5.09. The highest BCUT2D eigenvalue weighted by Crippen LogP contribution is 2.34. The monoisotopic (exact) mass is 505 g/mol. The molecule has 3 N–H and O–H groups in total. The molecule has 1 fully saturated rings. The Kier molecular flexibility index (Phi) is 6.80. The van der Waals surface area contributed by atoms with Gasteiger partial charge in [-0.2, -0.15) is 0 Å². The first-order chi connectivity index (χ1) is 15.7. The summed E-state index contributed by atoms with van der Waals surface area (Å²) in [5, 5.41) is 39.2. The summed E-state index contributed by atoms with van der Waals surface area (Å²) < 4.78 is 52.6. The Morgan fingerprint density at radius 2 is 1.73 bits per heavy atom. The first kappa shape index (κ1) is 23.7. The van der Waals surface area contributed by atoms with Crippen molar-refractivity contribution in [3.63, 3.8) is 0 Å². The second kappa shape index (κ2) is 9.45. The summed E-state index contributed by atoms with van der Waals surface area (Å²) >= 11 is 11.9. The van der Waals surface area contributed by atoms with Crippen LogP contribution in [0.4, 0.5) is 13.2 Å². The lowest BCUT2D eigenvalue weighted by atomic mass is 9.96. The molecule has 8 nitrogen and oxygen atoms in total. The average molecular weight is 506 g/mol. The lowest BCUT2D eigenvalue weighted by Crippen LogP contribution is -2.57. The van der Waals surface area contributed by atoms with E-state index in [9.17, 15) is 28.5 Å². The highest BCUT2D eigenvalue weighted by molar-refractivity contribution is 6.42. The summed E-state index contributed by atoms with van der Waals surface area (Å²) in [4.78, 5) is 0. The van der Waals surface area contributed by atoms with Crippen molar-refractivity contribution < 1.29 is 38.0 Å². The van der Waals surface area contributed by atoms with Crippen LogP contribution in [0, 0.1) is 17.5 Å². The van der Waals surface area contributed by atoms with Crippen molar-refractivity contribution in [2.75, 3.05) is 6.61 Å². The fourth-order valence-electron chi connectivity index (χ4n) is 3.42. The van der Waals surface area contributed by atoms with E-state index in [4.69, 9.17) is 32.7 Å². The SMILES string of the molecule is OCC1O[C@H](Oc2ccc(Cl)c(Cl)c2)[C@@H](O)C(n2cc(-c3cc(F)c(F)c(F)c3)nn2)[C@H]1O. The van der Waals surface area contributed by atoms with Crippen LogP contribution in [-0.4, -0.2) is 61.5 Å². The van der Waals surface area contributed by atoms with Gasteiger partial charge in [0.2, 0.25) is 6.29 Å². The molecular formula is C20H16Cl2F3N3O5. The zero-order valence-electron chi connectivity index (χ0n) is 16.4. The lowest BCUT2D eigenvalue weighted by Gasteiger charge is -2.41. The molecule has 0 amide bonds. The van der Waals surface area contributed by atoms with Crippen LogP contribution in [0.15, 0.2) is 36.5 Å². The summed E-state index contributed by atoms with van der Waals surface area (Å²) in [6, 6.07) is 4.56. The molecule has 0 aliphatic carbocycles. The van der Waals surface area contributed by atoms with Crippen molar-refractivity contribution in [1.29, 1.82) is 0 Å². The molecule has 0 saturated carbocycles. The first-order valence-electron chi connectivity index (χ1n) is 9.50. The maximum Gasteiger partial charge on any atom is 0.228 e. The van der Waals surface area contributed by atoms with Crippen molar-refractivity contribution in [2.45, 2.75) is 30.6 Å². The Labute approximate surface area is 194 Å². The van der Waals surface area contributed by atoms with E-state index in [1.54, 1.807) is 0 Å². The summed E-state index contributed by atoms with van der Waals surface area (Å²) in [5.41, 5.74) is -0.169. The molecule has 33 heavy (non-hydrogen) atoms. The molecule has 1 aliphatic rings. The fraction of sp³-hybridized carbons (Fsp3) is 0.300. The van der Waals surface area contributed by atoms with Crippen LogP contribution in [-0.2, 0) is 4.74 Å². The molecule has 5 atom stereocenters. The highest BCUT2D eigenvalue weighted by atomic mass is 35.5. The van der Waals surface area contributed by atoms with Crippen molar-refractivity contribution >= 4 is 23.2 Å². The second-order valence-corrected chi connectivity index (χ2v) is 8.04. The molecule has 0 spiro atoms. The maximum atomic E-state index is 13.6. The third-order valence-corrected chi connectivity index (χ3v) is 5.83. The van der Waals surface area contributed by atoms with E-state index in [0.29, 0.717) is 0 Å². The quantitative estimate of drug-likeness (QED) is 0.457. The van der Waals surface area contributed by atoms with E-state index in [1.807, 2.05) is 0 Å². The van der Waals surface area contributed by atoms with Crippen molar-refractivity contribution in [2.24, 2.45) is 0 Å². The Morgan fingerprint density at radius 3 is 2.36 bits per heavy atom. The number of aromatic nitrogens is 3. The molecule has 176 valence electrons. The molecule has 2 unspecified atom stereocenters. The van der Waals surface area contributed by atoms with Crippen LogP contribution in [0.5, 0.6) is 5.75 Å². The Hall–Kier alpha value is -2.41. The van der Waals surface area contributed by atoms with E-state index >= 15 is 0 Å². The molecule has 1 saturated heterocycles. The lowest BCUT2D eigenvalue weighted by molar-refractivity contribution is -0.260. The second-order valence-electron chi connectivity index (χ2n) is 7.23. The molecule has 1 aliphatic heterocycles. The minimum Gasteiger partial charge on any atom is -0.462 e. The van der Waals surface area contributed by atoms with Gasteiger partial charge >= 0.3 is 0 Å². The van der Waals surface area contributed by atoms with Gasteiger partial charge in [-0.1, -0.05) is 28.4 Å². The molecule has 2 heterocycles. The molecule has 3 aromatic rings. The van der Waals surface area contributed by atoms with E-state index in [2.05, 4.69) is 10.3 Å². The topological polar surface area (TPSA) is 110 Å². The number of benzene rings is 2. The molecule has 0 bridgehead atoms. The minimum atomic E-state index is -1.63. The van der Waals surface area contributed by atoms with E-state index in [-0.39, 0.29) is 27.1 Å². The Balaban J connectivity index is 1.63. The maximum absolute atomic E-state index is 13.6. The standard InChI is InChI=1S/C20H16Cl2F3N3O5/c21-10-2-1-9(5-11(10)22)32-20-19(31)17(18(30)15(7-29)33-20)28-6-14(26-27-28)8-3-12(23)16(25)13(24)4-8/h1-6,15,17-20,29-31H,7H2/t15?,17?,18-,19-,20-/m0/s1. The van der Waals surface area contributed by atoms with E-state index < -0.39 is 54.7 Å². The Bertz CT molecular complexity index is 1140. The van der Waals surface area contributed by atoms with Gasteiger partial charge in [0.05, 0.1) is 22.8 Å². The largest absolute Gasteiger partial charge is 0.462 e. The highest BCUT2D eigenvalue weighted by Gasteiger charge is 2.47. The van der Waals surface area contributed by atoms with Crippen molar-refractivity contribution in [3.05, 3.63) is 64.0 Å². The number of hydrogen-bond donors (Lipinski definition) is 3. The van der Waals surface area contributed by atoms with Gasteiger partial charge in [-0.25, -0.2) is 17.9 Å². The molecule has 4 rings (SSSR count). The smallest absolute Gasteiger partial charge is 0.228 e. The van der Waals surface area contributed by atoms with Crippen LogP contribution in [0.1, 0.15) is 6.04 Å². The Morgan fingerprint density at radius 1 is 1.03 bits per heavy atom. The van der Waals surface area contributed by atoms with Gasteiger partial charge in [-0.3, -0.25) is 0 Å². The predicted molar refractivity (Wildman–Crippen MR) is 109 cm³/mol. The molecule has 2 aromatic carbocycles. The van der Waals surface area contributed by atoms with Gasteiger partial charge in [0.1, 0.15) is 35.8 Å². The molecule has 13 heteroatoms. The molecule has 1 aromatic heterocycles. The number of ether oxygens (including phenoxy) is 2. The van der Waals surface area contributed by atoms with Crippen LogP contribution in [0.2, 0.25) is 10.0 Å². The minimum absolute atomic E-state index is 0.0545. The van der Waals surface area contributed by atoms with Crippen molar-refractivity contribution in [1.82, 2.24) is 15.0 Å². The third kappa shape index (κ3) is 4.65. The van der Waals surface area contributed by atoms with Gasteiger partial charge in [0, 0.05) is 11.6 Å². The van der Waals surface area contributed by atoms with Gasteiger partial charge in [-0.15, -0.1) is 5.10 Å².